The van der Waals surface area contributed by atoms with Crippen molar-refractivity contribution in [3.63, 3.8) is 0 Å². The van der Waals surface area contributed by atoms with Crippen molar-refractivity contribution in [3.8, 4) is 11.8 Å². The van der Waals surface area contributed by atoms with Crippen LogP contribution in [0.4, 0.5) is 5.69 Å². The molecule has 0 aliphatic heterocycles. The maximum Gasteiger partial charge on any atom is 0.157 e. The fourth-order valence-corrected chi connectivity index (χ4v) is 2.11. The van der Waals surface area contributed by atoms with Crippen LogP contribution in [0.1, 0.15) is 11.3 Å². The maximum absolute atomic E-state index is 8.76. The number of aromatic nitrogens is 1. The Labute approximate surface area is 120 Å². The van der Waals surface area contributed by atoms with Gasteiger partial charge < -0.3 is 10.5 Å². The molecule has 0 saturated carbocycles. The number of nitrogens with zero attached hydrogens (tertiary/aromatic N) is 2. The summed E-state index contributed by atoms with van der Waals surface area (Å²) in [5, 5.41) is 9.45. The summed E-state index contributed by atoms with van der Waals surface area (Å²) < 4.78 is 5.55. The van der Waals surface area contributed by atoms with Crippen LogP contribution in [0.25, 0.3) is 0 Å². The van der Waals surface area contributed by atoms with E-state index >= 15 is 0 Å². The van der Waals surface area contributed by atoms with E-state index in [4.69, 9.17) is 38.9 Å². The molecule has 1 aromatic carbocycles. The molecule has 2 aromatic rings. The Hall–Kier alpha value is -1.96. The summed E-state index contributed by atoms with van der Waals surface area (Å²) >= 11 is 12.0. The number of pyridine rings is 1. The number of hydrogen-bond acceptors (Lipinski definition) is 4. The number of halogens is 2. The number of ether oxygens (including phenoxy) is 1. The van der Waals surface area contributed by atoms with Crippen LogP contribution in [0.3, 0.4) is 0 Å². The van der Waals surface area contributed by atoms with E-state index in [1.807, 2.05) is 6.07 Å². The lowest BCUT2D eigenvalue weighted by molar-refractivity contribution is 0.306. The van der Waals surface area contributed by atoms with Crippen molar-refractivity contribution in [2.75, 3.05) is 5.73 Å². The van der Waals surface area contributed by atoms with Crippen molar-refractivity contribution in [3.05, 3.63) is 51.8 Å². The highest BCUT2D eigenvalue weighted by Gasteiger charge is 2.09. The Balaban J connectivity index is 2.17. The molecule has 0 aliphatic rings. The third-order valence-electron chi connectivity index (χ3n) is 2.34. The first-order valence-electron chi connectivity index (χ1n) is 5.32. The quantitative estimate of drug-likeness (QED) is 0.880. The van der Waals surface area contributed by atoms with E-state index in [-0.39, 0.29) is 6.61 Å². The minimum absolute atomic E-state index is 0.237. The molecule has 0 amide bonds. The zero-order chi connectivity index (χ0) is 13.8. The molecular formula is C13H9Cl2N3O. The molecule has 96 valence electrons. The predicted molar refractivity (Wildman–Crippen MR) is 74.2 cm³/mol. The van der Waals surface area contributed by atoms with Crippen LogP contribution in [-0.4, -0.2) is 4.98 Å². The number of anilines is 1. The number of rotatable bonds is 3. The van der Waals surface area contributed by atoms with Crippen molar-refractivity contribution < 1.29 is 4.74 Å². The average Bonchev–Trinajstić information content (AvgIpc) is 2.37. The molecule has 2 rings (SSSR count). The molecule has 19 heavy (non-hydrogen) atoms. The third-order valence-corrected chi connectivity index (χ3v) is 2.90. The van der Waals surface area contributed by atoms with Crippen LogP contribution in [0.5, 0.6) is 5.75 Å². The lowest BCUT2D eigenvalue weighted by Gasteiger charge is -2.10. The molecular weight excluding hydrogens is 285 g/mol. The molecule has 0 unspecified atom stereocenters. The normalized spacial score (nSPS) is 9.95. The van der Waals surface area contributed by atoms with Crippen LogP contribution in [-0.2, 0) is 6.61 Å². The summed E-state index contributed by atoms with van der Waals surface area (Å²) in [6.07, 6.45) is 1.55. The minimum atomic E-state index is 0.237. The summed E-state index contributed by atoms with van der Waals surface area (Å²) in [5.74, 6) is 0.368. The summed E-state index contributed by atoms with van der Waals surface area (Å²) in [7, 11) is 0. The van der Waals surface area contributed by atoms with Crippen molar-refractivity contribution in [1.82, 2.24) is 4.98 Å². The van der Waals surface area contributed by atoms with Gasteiger partial charge in [0.1, 0.15) is 18.4 Å². The number of nitriles is 1. The molecule has 0 spiro atoms. The van der Waals surface area contributed by atoms with Gasteiger partial charge >= 0.3 is 0 Å². The van der Waals surface area contributed by atoms with Gasteiger partial charge in [0.2, 0.25) is 0 Å². The largest absolute Gasteiger partial charge is 0.486 e. The van der Waals surface area contributed by atoms with E-state index in [1.165, 1.54) is 0 Å². The molecule has 0 atom stereocenters. The van der Waals surface area contributed by atoms with Crippen LogP contribution >= 0.6 is 23.2 Å². The van der Waals surface area contributed by atoms with Gasteiger partial charge in [-0.15, -0.1) is 0 Å². The second-order valence-electron chi connectivity index (χ2n) is 3.76. The zero-order valence-corrected chi connectivity index (χ0v) is 11.2. The van der Waals surface area contributed by atoms with Gasteiger partial charge in [0, 0.05) is 11.9 Å². The number of nitrogen functional groups attached to an aromatic ring is 1. The molecule has 2 N–H and O–H groups in total. The second-order valence-corrected chi connectivity index (χ2v) is 4.58. The predicted octanol–water partition coefficient (Wildman–Crippen LogP) is 3.42. The molecule has 6 heteroatoms. The van der Waals surface area contributed by atoms with Crippen molar-refractivity contribution >= 4 is 28.9 Å². The van der Waals surface area contributed by atoms with Gasteiger partial charge in [-0.05, 0) is 29.8 Å². The number of nitrogens with two attached hydrogens (primary N) is 1. The Bertz CT molecular complexity index is 630. The molecule has 4 nitrogen and oxygen atoms in total. The van der Waals surface area contributed by atoms with Gasteiger partial charge in [0.05, 0.1) is 10.0 Å². The highest BCUT2D eigenvalue weighted by atomic mass is 35.5. The highest BCUT2D eigenvalue weighted by molar-refractivity contribution is 6.37. The van der Waals surface area contributed by atoms with E-state index in [2.05, 4.69) is 4.98 Å². The summed E-state index contributed by atoms with van der Waals surface area (Å²) in [6.45, 7) is 0.237. The summed E-state index contributed by atoms with van der Waals surface area (Å²) in [4.78, 5) is 3.87. The molecule has 0 aliphatic carbocycles. The lowest BCUT2D eigenvalue weighted by atomic mass is 10.2. The monoisotopic (exact) mass is 293 g/mol. The minimum Gasteiger partial charge on any atom is -0.486 e. The van der Waals surface area contributed by atoms with E-state index in [0.717, 1.165) is 5.56 Å². The van der Waals surface area contributed by atoms with E-state index in [9.17, 15) is 0 Å². The summed E-state index contributed by atoms with van der Waals surface area (Å²) in [5.41, 5.74) is 7.21. The Kier molecular flexibility index (Phi) is 4.10. The Morgan fingerprint density at radius 2 is 1.95 bits per heavy atom. The first-order valence-corrected chi connectivity index (χ1v) is 6.08. The zero-order valence-electron chi connectivity index (χ0n) is 9.73. The second kappa shape index (κ2) is 5.79. The number of benzene rings is 1. The van der Waals surface area contributed by atoms with Gasteiger partial charge in [0.25, 0.3) is 0 Å². The van der Waals surface area contributed by atoms with Crippen molar-refractivity contribution in [2.45, 2.75) is 6.61 Å². The fourth-order valence-electron chi connectivity index (χ4n) is 1.50. The van der Waals surface area contributed by atoms with Gasteiger partial charge in [0.15, 0.2) is 5.75 Å². The summed E-state index contributed by atoms with van der Waals surface area (Å²) in [6, 6.07) is 8.48. The maximum atomic E-state index is 8.76. The standard InChI is InChI=1S/C13H9Cl2N3O/c14-11-4-9(17)5-12(15)13(11)19-7-8-1-2-18-10(3-8)6-16/h1-5H,7,17H2. The van der Waals surface area contributed by atoms with Crippen LogP contribution in [0, 0.1) is 11.3 Å². The molecule has 0 radical (unpaired) electrons. The van der Waals surface area contributed by atoms with Gasteiger partial charge in [-0.1, -0.05) is 23.2 Å². The Morgan fingerprint density at radius 1 is 1.26 bits per heavy atom. The smallest absolute Gasteiger partial charge is 0.157 e. The molecule has 0 saturated heterocycles. The SMILES string of the molecule is N#Cc1cc(COc2c(Cl)cc(N)cc2Cl)ccn1. The van der Waals surface area contributed by atoms with Crippen molar-refractivity contribution in [2.24, 2.45) is 0 Å². The van der Waals surface area contributed by atoms with Crippen LogP contribution < -0.4 is 10.5 Å². The topological polar surface area (TPSA) is 71.9 Å². The van der Waals surface area contributed by atoms with Gasteiger partial charge in [-0.2, -0.15) is 5.26 Å². The molecule has 1 heterocycles. The third kappa shape index (κ3) is 3.28. The fraction of sp³-hybridized carbons (Fsp3) is 0.0769. The van der Waals surface area contributed by atoms with Gasteiger partial charge in [-0.25, -0.2) is 4.98 Å². The first kappa shape index (κ1) is 13.5. The lowest BCUT2D eigenvalue weighted by Crippen LogP contribution is -1.98. The molecule has 0 fully saturated rings. The average molecular weight is 294 g/mol. The molecule has 1 aromatic heterocycles. The molecule has 0 bridgehead atoms. The van der Waals surface area contributed by atoms with E-state index in [1.54, 1.807) is 30.5 Å². The van der Waals surface area contributed by atoms with Crippen LogP contribution in [0.2, 0.25) is 10.0 Å². The van der Waals surface area contributed by atoms with Gasteiger partial charge in [-0.3, -0.25) is 0 Å². The van der Waals surface area contributed by atoms with Crippen molar-refractivity contribution in [1.29, 1.82) is 5.26 Å². The first-order chi connectivity index (χ1) is 9.10. The number of hydrogen-bond donors (Lipinski definition) is 1. The highest BCUT2D eigenvalue weighted by Crippen LogP contribution is 2.35. The van der Waals surface area contributed by atoms with E-state index < -0.39 is 0 Å². The van der Waals surface area contributed by atoms with E-state index in [0.29, 0.717) is 27.2 Å². The Morgan fingerprint density at radius 3 is 2.58 bits per heavy atom. The van der Waals surface area contributed by atoms with Crippen LogP contribution in [0.15, 0.2) is 30.5 Å².